The molecule has 2 amide bonds. The van der Waals surface area contributed by atoms with E-state index in [-0.39, 0.29) is 23.4 Å². The van der Waals surface area contributed by atoms with Crippen LogP contribution in [0.15, 0.2) is 77.7 Å². The van der Waals surface area contributed by atoms with Crippen molar-refractivity contribution >= 4 is 50.7 Å². The number of carbonyl (C=O) groups excluding carboxylic acids is 2. The number of anilines is 1. The van der Waals surface area contributed by atoms with Crippen LogP contribution >= 0.6 is 23.2 Å². The predicted octanol–water partition coefficient (Wildman–Crippen LogP) is 5.83. The Morgan fingerprint density at radius 3 is 2.15 bits per heavy atom. The molecule has 7 nitrogen and oxygen atoms in total. The van der Waals surface area contributed by atoms with Gasteiger partial charge in [0.1, 0.15) is 12.6 Å². The molecule has 0 fully saturated rings. The minimum Gasteiger partial charge on any atom is -0.352 e. The van der Waals surface area contributed by atoms with Gasteiger partial charge in [-0.3, -0.25) is 13.9 Å². The number of nitrogens with zero attached hydrogens (tertiary/aromatic N) is 2. The number of halogens is 2. The summed E-state index contributed by atoms with van der Waals surface area (Å²) in [6, 6.07) is 18.7. The molecule has 3 rings (SSSR count). The Kier molecular flexibility index (Phi) is 10.4. The molecule has 0 saturated carbocycles. The highest BCUT2D eigenvalue weighted by molar-refractivity contribution is 7.92. The van der Waals surface area contributed by atoms with Crippen LogP contribution in [0.1, 0.15) is 38.3 Å². The number of hydrogen-bond donors (Lipinski definition) is 1. The zero-order valence-corrected chi connectivity index (χ0v) is 24.7. The summed E-state index contributed by atoms with van der Waals surface area (Å²) in [7, 11) is -4.17. The Hall–Kier alpha value is -3.07. The minimum atomic E-state index is -4.17. The number of nitrogens with one attached hydrogen (secondary N) is 1. The quantitative estimate of drug-likeness (QED) is 0.305. The Labute approximate surface area is 240 Å². The van der Waals surface area contributed by atoms with E-state index in [4.69, 9.17) is 23.2 Å². The molecule has 0 bridgehead atoms. The number of sulfonamides is 1. The second-order valence-electron chi connectivity index (χ2n) is 9.36. The van der Waals surface area contributed by atoms with Crippen molar-refractivity contribution in [2.75, 3.05) is 10.8 Å². The Morgan fingerprint density at radius 1 is 0.923 bits per heavy atom. The fourth-order valence-electron chi connectivity index (χ4n) is 3.95. The van der Waals surface area contributed by atoms with Gasteiger partial charge in [-0.25, -0.2) is 8.42 Å². The first-order valence-corrected chi connectivity index (χ1v) is 14.8. The van der Waals surface area contributed by atoms with Gasteiger partial charge in [0.2, 0.25) is 11.8 Å². The summed E-state index contributed by atoms with van der Waals surface area (Å²) < 4.78 is 28.8. The Bertz CT molecular complexity index is 1410. The molecule has 3 aromatic rings. The van der Waals surface area contributed by atoms with E-state index in [1.807, 2.05) is 13.8 Å². The van der Waals surface area contributed by atoms with E-state index in [9.17, 15) is 18.0 Å². The van der Waals surface area contributed by atoms with Gasteiger partial charge in [0.25, 0.3) is 10.0 Å². The van der Waals surface area contributed by atoms with Gasteiger partial charge in [-0.1, -0.05) is 66.5 Å². The van der Waals surface area contributed by atoms with Crippen LogP contribution in [0.2, 0.25) is 10.0 Å². The lowest BCUT2D eigenvalue weighted by Gasteiger charge is -2.33. The number of aryl methyl sites for hydroxylation is 1. The first-order chi connectivity index (χ1) is 18.4. The zero-order valence-electron chi connectivity index (χ0n) is 22.4. The van der Waals surface area contributed by atoms with Crippen molar-refractivity contribution in [1.29, 1.82) is 0 Å². The highest BCUT2D eigenvalue weighted by Gasteiger charge is 2.33. The molecular formula is C29H33Cl2N3O4S. The van der Waals surface area contributed by atoms with E-state index in [1.165, 1.54) is 29.2 Å². The van der Waals surface area contributed by atoms with Gasteiger partial charge in [-0.2, -0.15) is 0 Å². The number of carbonyl (C=O) groups is 2. The molecule has 3 aromatic carbocycles. The molecule has 0 spiro atoms. The van der Waals surface area contributed by atoms with Gasteiger partial charge in [-0.15, -0.1) is 0 Å². The number of hydrogen-bond acceptors (Lipinski definition) is 4. The molecule has 10 heteroatoms. The van der Waals surface area contributed by atoms with Gasteiger partial charge in [-0.05, 0) is 74.7 Å². The standard InChI is InChI=1S/C29H33Cl2N3O4S/c1-5-21(3)32-29(36)22(4)33(18-23-11-7-8-12-26(23)31)28(35)19-34(27-13-9-6-10-20(27)2)39(37,38)25-16-14-24(30)15-17-25/h6-17,21-22H,5,18-19H2,1-4H3,(H,32,36)/t21-,22-/m0/s1. The maximum atomic E-state index is 14.0. The number of para-hydroxylation sites is 1. The van der Waals surface area contributed by atoms with Crippen LogP contribution in [0.25, 0.3) is 0 Å². The SMILES string of the molecule is CC[C@H](C)NC(=O)[C@H](C)N(Cc1ccccc1Cl)C(=O)CN(c1ccccc1C)S(=O)(=O)c1ccc(Cl)cc1. The van der Waals surface area contributed by atoms with Gasteiger partial charge >= 0.3 is 0 Å². The topological polar surface area (TPSA) is 86.8 Å². The third kappa shape index (κ3) is 7.53. The molecule has 2 atom stereocenters. The third-order valence-electron chi connectivity index (χ3n) is 6.53. The lowest BCUT2D eigenvalue weighted by atomic mass is 10.1. The van der Waals surface area contributed by atoms with Crippen molar-refractivity contribution in [2.45, 2.75) is 57.6 Å². The average Bonchev–Trinajstić information content (AvgIpc) is 2.91. The van der Waals surface area contributed by atoms with E-state index >= 15 is 0 Å². The monoisotopic (exact) mass is 589 g/mol. The number of benzene rings is 3. The van der Waals surface area contributed by atoms with Crippen molar-refractivity contribution < 1.29 is 18.0 Å². The molecule has 0 unspecified atom stereocenters. The van der Waals surface area contributed by atoms with Crippen molar-refractivity contribution in [2.24, 2.45) is 0 Å². The van der Waals surface area contributed by atoms with Crippen LogP contribution in [0, 0.1) is 6.92 Å². The summed E-state index contributed by atoms with van der Waals surface area (Å²) in [5, 5.41) is 3.74. The van der Waals surface area contributed by atoms with E-state index in [1.54, 1.807) is 62.4 Å². The summed E-state index contributed by atoms with van der Waals surface area (Å²) in [5.74, 6) is -0.893. The minimum absolute atomic E-state index is 0.0110. The maximum Gasteiger partial charge on any atom is 0.264 e. The summed E-state index contributed by atoms with van der Waals surface area (Å²) in [6.07, 6.45) is 0.720. The average molecular weight is 591 g/mol. The summed E-state index contributed by atoms with van der Waals surface area (Å²) in [5.41, 5.74) is 1.66. The van der Waals surface area contributed by atoms with E-state index in [0.29, 0.717) is 26.9 Å². The second-order valence-corrected chi connectivity index (χ2v) is 12.1. The first-order valence-electron chi connectivity index (χ1n) is 12.6. The van der Waals surface area contributed by atoms with E-state index in [0.717, 1.165) is 10.7 Å². The fraction of sp³-hybridized carbons (Fsp3) is 0.310. The van der Waals surface area contributed by atoms with Crippen molar-refractivity contribution in [1.82, 2.24) is 10.2 Å². The molecule has 208 valence electrons. The van der Waals surface area contributed by atoms with Gasteiger partial charge in [0.05, 0.1) is 10.6 Å². The lowest BCUT2D eigenvalue weighted by molar-refractivity contribution is -0.139. The molecule has 0 saturated heterocycles. The van der Waals surface area contributed by atoms with Crippen LogP contribution in [-0.2, 0) is 26.2 Å². The van der Waals surface area contributed by atoms with Gasteiger partial charge in [0.15, 0.2) is 0 Å². The zero-order chi connectivity index (χ0) is 28.7. The highest BCUT2D eigenvalue weighted by Crippen LogP contribution is 2.28. The fourth-order valence-corrected chi connectivity index (χ4v) is 5.75. The molecule has 0 aliphatic carbocycles. The summed E-state index contributed by atoms with van der Waals surface area (Å²) in [4.78, 5) is 28.4. The molecule has 39 heavy (non-hydrogen) atoms. The van der Waals surface area contributed by atoms with Crippen LogP contribution < -0.4 is 9.62 Å². The van der Waals surface area contributed by atoms with Crippen LogP contribution in [0.4, 0.5) is 5.69 Å². The Morgan fingerprint density at radius 2 is 1.54 bits per heavy atom. The van der Waals surface area contributed by atoms with Gasteiger partial charge < -0.3 is 10.2 Å². The first kappa shape index (κ1) is 30.5. The maximum absolute atomic E-state index is 14.0. The van der Waals surface area contributed by atoms with Crippen LogP contribution in [0.5, 0.6) is 0 Å². The van der Waals surface area contributed by atoms with Crippen molar-refractivity contribution in [3.05, 3.63) is 94.0 Å². The lowest BCUT2D eigenvalue weighted by Crippen LogP contribution is -2.52. The summed E-state index contributed by atoms with van der Waals surface area (Å²) >= 11 is 12.4. The van der Waals surface area contributed by atoms with E-state index < -0.39 is 28.5 Å². The third-order valence-corrected chi connectivity index (χ3v) is 8.93. The highest BCUT2D eigenvalue weighted by atomic mass is 35.5. The normalized spacial score (nSPS) is 12.9. The van der Waals surface area contributed by atoms with Gasteiger partial charge in [0, 0.05) is 22.6 Å². The molecule has 0 heterocycles. The largest absolute Gasteiger partial charge is 0.352 e. The number of rotatable bonds is 11. The summed E-state index contributed by atoms with van der Waals surface area (Å²) in [6.45, 7) is 6.72. The predicted molar refractivity (Wildman–Crippen MR) is 157 cm³/mol. The smallest absolute Gasteiger partial charge is 0.264 e. The molecule has 0 aliphatic heterocycles. The second kappa shape index (κ2) is 13.3. The molecule has 0 radical (unpaired) electrons. The molecular weight excluding hydrogens is 557 g/mol. The van der Waals surface area contributed by atoms with Crippen LogP contribution in [-0.4, -0.2) is 43.8 Å². The molecule has 0 aliphatic rings. The Balaban J connectivity index is 2.05. The van der Waals surface area contributed by atoms with Crippen molar-refractivity contribution in [3.63, 3.8) is 0 Å². The van der Waals surface area contributed by atoms with E-state index in [2.05, 4.69) is 5.32 Å². The van der Waals surface area contributed by atoms with Crippen LogP contribution in [0.3, 0.4) is 0 Å². The molecule has 0 aromatic heterocycles. The van der Waals surface area contributed by atoms with Crippen molar-refractivity contribution in [3.8, 4) is 0 Å². The molecule has 1 N–H and O–H groups in total. The number of amides is 2.